The lowest BCUT2D eigenvalue weighted by molar-refractivity contribution is 0.566. The smallest absolute Gasteiger partial charge is 0.212 e. The highest BCUT2D eigenvalue weighted by molar-refractivity contribution is 7.89. The van der Waals surface area contributed by atoms with E-state index in [1.165, 1.54) is 0 Å². The van der Waals surface area contributed by atoms with Crippen molar-refractivity contribution in [2.45, 2.75) is 33.2 Å². The summed E-state index contributed by atoms with van der Waals surface area (Å²) in [7, 11) is -3.05. The molecule has 0 saturated carbocycles. The second-order valence-corrected chi connectivity index (χ2v) is 5.25. The van der Waals surface area contributed by atoms with Crippen molar-refractivity contribution in [3.05, 3.63) is 0 Å². The van der Waals surface area contributed by atoms with Crippen LogP contribution in [0.5, 0.6) is 0 Å². The molecular formula is C8H20N2O2S. The Labute approximate surface area is 81.2 Å². The van der Waals surface area contributed by atoms with E-state index in [9.17, 15) is 8.42 Å². The van der Waals surface area contributed by atoms with E-state index < -0.39 is 10.0 Å². The Balaban J connectivity index is 3.64. The van der Waals surface area contributed by atoms with E-state index in [1.54, 1.807) is 0 Å². The van der Waals surface area contributed by atoms with E-state index in [4.69, 9.17) is 0 Å². The van der Waals surface area contributed by atoms with Crippen LogP contribution in [0.3, 0.4) is 0 Å². The Kier molecular flexibility index (Phi) is 6.28. The predicted octanol–water partition coefficient (Wildman–Crippen LogP) is 0.314. The highest BCUT2D eigenvalue weighted by atomic mass is 32.2. The van der Waals surface area contributed by atoms with Crippen molar-refractivity contribution in [1.29, 1.82) is 0 Å². The van der Waals surface area contributed by atoms with Gasteiger partial charge >= 0.3 is 0 Å². The molecule has 0 fully saturated rings. The van der Waals surface area contributed by atoms with Crippen molar-refractivity contribution in [3.8, 4) is 0 Å². The van der Waals surface area contributed by atoms with Gasteiger partial charge in [0.15, 0.2) is 0 Å². The van der Waals surface area contributed by atoms with Gasteiger partial charge in [-0.05, 0) is 6.42 Å². The second-order valence-electron chi connectivity index (χ2n) is 3.32. The number of rotatable bonds is 7. The summed E-state index contributed by atoms with van der Waals surface area (Å²) in [6.45, 7) is 6.97. The van der Waals surface area contributed by atoms with Crippen LogP contribution in [-0.4, -0.2) is 33.3 Å². The molecule has 0 aromatic rings. The fourth-order valence-electron chi connectivity index (χ4n) is 0.812. The fraction of sp³-hybridized carbons (Fsp3) is 1.00. The third-order valence-electron chi connectivity index (χ3n) is 1.50. The standard InChI is InChI=1S/C8H20N2O2S/c1-4-5-10-13(11,12)7-6-9-8(2)3/h8-10H,4-7H2,1-3H3. The zero-order valence-electron chi connectivity index (χ0n) is 8.63. The van der Waals surface area contributed by atoms with Gasteiger partial charge in [0.25, 0.3) is 0 Å². The van der Waals surface area contributed by atoms with Gasteiger partial charge in [-0.1, -0.05) is 20.8 Å². The molecule has 2 N–H and O–H groups in total. The summed E-state index contributed by atoms with van der Waals surface area (Å²) in [5.74, 6) is 0.158. The topological polar surface area (TPSA) is 58.2 Å². The number of hydrogen-bond acceptors (Lipinski definition) is 3. The van der Waals surface area contributed by atoms with Crippen LogP contribution < -0.4 is 10.0 Å². The summed E-state index contributed by atoms with van der Waals surface area (Å²) in [5, 5.41) is 3.06. The van der Waals surface area contributed by atoms with E-state index in [-0.39, 0.29) is 5.75 Å². The lowest BCUT2D eigenvalue weighted by Crippen LogP contribution is -2.34. The highest BCUT2D eigenvalue weighted by Crippen LogP contribution is 1.85. The molecule has 0 aliphatic carbocycles. The molecule has 13 heavy (non-hydrogen) atoms. The Morgan fingerprint density at radius 2 is 1.85 bits per heavy atom. The van der Waals surface area contributed by atoms with Crippen molar-refractivity contribution in [3.63, 3.8) is 0 Å². The molecule has 0 heterocycles. The van der Waals surface area contributed by atoms with Gasteiger partial charge in [-0.15, -0.1) is 0 Å². The molecule has 80 valence electrons. The Hall–Kier alpha value is -0.130. The molecule has 0 unspecified atom stereocenters. The molecule has 0 atom stereocenters. The molecular weight excluding hydrogens is 188 g/mol. The summed E-state index contributed by atoms with van der Waals surface area (Å²) in [6.07, 6.45) is 0.830. The maximum Gasteiger partial charge on any atom is 0.212 e. The summed E-state index contributed by atoms with van der Waals surface area (Å²) >= 11 is 0. The molecule has 4 nitrogen and oxygen atoms in total. The lowest BCUT2D eigenvalue weighted by Gasteiger charge is -2.08. The Morgan fingerprint density at radius 3 is 2.31 bits per heavy atom. The Morgan fingerprint density at radius 1 is 1.23 bits per heavy atom. The Bertz CT molecular complexity index is 212. The average molecular weight is 208 g/mol. The molecule has 0 aliphatic rings. The zero-order valence-corrected chi connectivity index (χ0v) is 9.45. The summed E-state index contributed by atoms with van der Waals surface area (Å²) in [6, 6.07) is 0.335. The lowest BCUT2D eigenvalue weighted by atomic mass is 10.4. The van der Waals surface area contributed by atoms with Crippen molar-refractivity contribution >= 4 is 10.0 Å². The zero-order chi connectivity index (χ0) is 10.3. The second kappa shape index (κ2) is 6.34. The largest absolute Gasteiger partial charge is 0.313 e. The van der Waals surface area contributed by atoms with Crippen LogP contribution in [0.1, 0.15) is 27.2 Å². The molecule has 0 aliphatic heterocycles. The summed E-state index contributed by atoms with van der Waals surface area (Å²) in [4.78, 5) is 0. The van der Waals surface area contributed by atoms with E-state index in [2.05, 4.69) is 10.0 Å². The molecule has 0 aromatic carbocycles. The molecule has 5 heteroatoms. The van der Waals surface area contributed by atoms with Crippen LogP contribution in [0.15, 0.2) is 0 Å². The van der Waals surface area contributed by atoms with E-state index in [0.29, 0.717) is 19.1 Å². The first kappa shape index (κ1) is 12.9. The number of hydrogen-bond donors (Lipinski definition) is 2. The quantitative estimate of drug-likeness (QED) is 0.633. The first-order valence-corrected chi connectivity index (χ1v) is 6.34. The summed E-state index contributed by atoms with van der Waals surface area (Å²) < 4.78 is 25.0. The van der Waals surface area contributed by atoms with Gasteiger partial charge in [0.2, 0.25) is 10.0 Å². The minimum absolute atomic E-state index is 0.158. The highest BCUT2D eigenvalue weighted by Gasteiger charge is 2.07. The molecule has 0 radical (unpaired) electrons. The summed E-state index contributed by atoms with van der Waals surface area (Å²) in [5.41, 5.74) is 0. The van der Waals surface area contributed by atoms with Gasteiger partial charge in [0.1, 0.15) is 0 Å². The van der Waals surface area contributed by atoms with Crippen LogP contribution in [0.4, 0.5) is 0 Å². The van der Waals surface area contributed by atoms with E-state index >= 15 is 0 Å². The fourth-order valence-corrected chi connectivity index (χ4v) is 1.86. The predicted molar refractivity (Wildman–Crippen MR) is 55.2 cm³/mol. The third kappa shape index (κ3) is 8.21. The van der Waals surface area contributed by atoms with Gasteiger partial charge in [0, 0.05) is 19.1 Å². The number of sulfonamides is 1. The molecule has 0 bridgehead atoms. The van der Waals surface area contributed by atoms with Crippen LogP contribution in [0, 0.1) is 0 Å². The van der Waals surface area contributed by atoms with Gasteiger partial charge in [0.05, 0.1) is 5.75 Å². The molecule has 0 aromatic heterocycles. The average Bonchev–Trinajstić information content (AvgIpc) is 2.00. The van der Waals surface area contributed by atoms with Crippen LogP contribution in [-0.2, 0) is 10.0 Å². The SMILES string of the molecule is CCCNS(=O)(=O)CCNC(C)C. The van der Waals surface area contributed by atoms with Crippen molar-refractivity contribution in [2.24, 2.45) is 0 Å². The molecule has 0 rings (SSSR count). The van der Waals surface area contributed by atoms with Crippen molar-refractivity contribution in [1.82, 2.24) is 10.0 Å². The van der Waals surface area contributed by atoms with Crippen LogP contribution in [0.25, 0.3) is 0 Å². The normalized spacial score (nSPS) is 12.3. The first-order valence-electron chi connectivity index (χ1n) is 4.68. The third-order valence-corrected chi connectivity index (χ3v) is 2.88. The monoisotopic (exact) mass is 208 g/mol. The minimum Gasteiger partial charge on any atom is -0.313 e. The van der Waals surface area contributed by atoms with Gasteiger partial charge in [-0.2, -0.15) is 0 Å². The molecule has 0 spiro atoms. The van der Waals surface area contributed by atoms with E-state index in [1.807, 2.05) is 20.8 Å². The molecule has 0 saturated heterocycles. The first-order chi connectivity index (χ1) is 5.98. The van der Waals surface area contributed by atoms with E-state index in [0.717, 1.165) is 6.42 Å². The number of nitrogens with one attached hydrogen (secondary N) is 2. The minimum atomic E-state index is -3.05. The van der Waals surface area contributed by atoms with Gasteiger partial charge in [-0.25, -0.2) is 13.1 Å². The maximum absolute atomic E-state index is 11.2. The van der Waals surface area contributed by atoms with Crippen molar-refractivity contribution < 1.29 is 8.42 Å². The molecule has 0 amide bonds. The maximum atomic E-state index is 11.2. The van der Waals surface area contributed by atoms with Crippen molar-refractivity contribution in [2.75, 3.05) is 18.8 Å². The van der Waals surface area contributed by atoms with Crippen LogP contribution >= 0.6 is 0 Å². The van der Waals surface area contributed by atoms with Gasteiger partial charge in [-0.3, -0.25) is 0 Å². The van der Waals surface area contributed by atoms with Crippen LogP contribution in [0.2, 0.25) is 0 Å². The van der Waals surface area contributed by atoms with Gasteiger partial charge < -0.3 is 5.32 Å².